The molecule has 0 saturated carbocycles. The summed E-state index contributed by atoms with van der Waals surface area (Å²) in [5.41, 5.74) is 2.36. The van der Waals surface area contributed by atoms with E-state index in [4.69, 9.17) is 16.3 Å². The molecule has 0 spiro atoms. The fourth-order valence-corrected chi connectivity index (χ4v) is 2.32. The highest BCUT2D eigenvalue weighted by Gasteiger charge is 2.25. The van der Waals surface area contributed by atoms with Crippen molar-refractivity contribution in [3.05, 3.63) is 22.5 Å². The molecule has 2 aromatic rings. The topological polar surface area (TPSA) is 60.2 Å². The Hall–Kier alpha value is -1.17. The number of aromatic nitrogens is 3. The predicted octanol–water partition coefficient (Wildman–Crippen LogP) is 1.46. The number of aliphatic hydroxyl groups is 1. The average molecular weight is 254 g/mol. The zero-order valence-electron chi connectivity index (χ0n) is 9.35. The van der Waals surface area contributed by atoms with Gasteiger partial charge >= 0.3 is 0 Å². The summed E-state index contributed by atoms with van der Waals surface area (Å²) in [6.45, 7) is 3.15. The van der Waals surface area contributed by atoms with E-state index in [9.17, 15) is 5.11 Å². The summed E-state index contributed by atoms with van der Waals surface area (Å²) in [6, 6.07) is 1.91. The number of hydrogen-bond donors (Lipinski definition) is 1. The Bertz CT molecular complexity index is 578. The molecule has 0 aliphatic carbocycles. The molecule has 1 saturated heterocycles. The summed E-state index contributed by atoms with van der Waals surface area (Å²) in [7, 11) is 0. The first-order valence-electron chi connectivity index (χ1n) is 5.43. The van der Waals surface area contributed by atoms with Crippen LogP contribution in [0.3, 0.4) is 0 Å². The summed E-state index contributed by atoms with van der Waals surface area (Å²) in [5, 5.41) is 15.1. The molecular weight excluding hydrogens is 242 g/mol. The summed E-state index contributed by atoms with van der Waals surface area (Å²) in [6.07, 6.45) is 0. The predicted molar refractivity (Wildman–Crippen MR) is 63.1 cm³/mol. The molecule has 0 bridgehead atoms. The maximum Gasteiger partial charge on any atom is 0.160 e. The number of aliphatic hydroxyl groups excluding tert-OH is 1. The van der Waals surface area contributed by atoms with Crippen molar-refractivity contribution in [1.29, 1.82) is 0 Å². The first-order chi connectivity index (χ1) is 8.20. The zero-order chi connectivity index (χ0) is 12.0. The highest BCUT2D eigenvalue weighted by molar-refractivity contribution is 6.29. The van der Waals surface area contributed by atoms with Crippen LogP contribution in [-0.2, 0) is 11.3 Å². The van der Waals surface area contributed by atoms with E-state index in [1.54, 1.807) is 6.07 Å². The minimum absolute atomic E-state index is 0.0631. The minimum Gasteiger partial charge on any atom is -0.392 e. The van der Waals surface area contributed by atoms with E-state index in [0.29, 0.717) is 18.4 Å². The summed E-state index contributed by atoms with van der Waals surface area (Å²) in [5.74, 6) is 0. The van der Waals surface area contributed by atoms with E-state index in [2.05, 4.69) is 10.1 Å². The zero-order valence-corrected chi connectivity index (χ0v) is 10.1. The molecule has 2 aromatic heterocycles. The largest absolute Gasteiger partial charge is 0.392 e. The molecule has 17 heavy (non-hydrogen) atoms. The Balaban J connectivity index is 2.27. The lowest BCUT2D eigenvalue weighted by molar-refractivity contribution is -0.0270. The molecule has 3 heterocycles. The van der Waals surface area contributed by atoms with Gasteiger partial charge in [-0.25, -0.2) is 9.67 Å². The fraction of sp³-hybridized carbons (Fsp3) is 0.455. The van der Waals surface area contributed by atoms with Crippen LogP contribution in [0, 0.1) is 6.92 Å². The van der Waals surface area contributed by atoms with Crippen molar-refractivity contribution >= 4 is 22.6 Å². The third kappa shape index (κ3) is 1.62. The Morgan fingerprint density at radius 2 is 2.35 bits per heavy atom. The molecule has 0 amide bonds. The number of rotatable bonds is 2. The lowest BCUT2D eigenvalue weighted by atomic mass is 10.1. The maximum absolute atomic E-state index is 9.36. The lowest BCUT2D eigenvalue weighted by Gasteiger charge is -2.26. The molecule has 1 aliphatic heterocycles. The second-order valence-electron chi connectivity index (χ2n) is 4.18. The standard InChI is InChI=1S/C11H12ClN3O2/c1-6-10-7(3-16)2-9(12)13-11(10)15(14-6)8-4-17-5-8/h2,8,16H,3-5H2,1H3. The van der Waals surface area contributed by atoms with Crippen LogP contribution in [-0.4, -0.2) is 33.1 Å². The highest BCUT2D eigenvalue weighted by Crippen LogP contribution is 2.28. The van der Waals surface area contributed by atoms with Crippen molar-refractivity contribution in [3.8, 4) is 0 Å². The van der Waals surface area contributed by atoms with E-state index in [1.165, 1.54) is 0 Å². The normalized spacial score (nSPS) is 16.4. The van der Waals surface area contributed by atoms with Gasteiger partial charge in [0.2, 0.25) is 0 Å². The van der Waals surface area contributed by atoms with Crippen molar-refractivity contribution in [2.24, 2.45) is 0 Å². The van der Waals surface area contributed by atoms with Crippen LogP contribution in [0.4, 0.5) is 0 Å². The molecule has 6 heteroatoms. The number of halogens is 1. The number of aryl methyl sites for hydroxylation is 1. The molecule has 5 nitrogen and oxygen atoms in total. The van der Waals surface area contributed by atoms with E-state index in [-0.39, 0.29) is 12.6 Å². The molecule has 1 N–H and O–H groups in total. The van der Waals surface area contributed by atoms with E-state index in [1.807, 2.05) is 11.6 Å². The molecule has 3 rings (SSSR count). The molecule has 0 aromatic carbocycles. The molecular formula is C11H12ClN3O2. The van der Waals surface area contributed by atoms with Gasteiger partial charge in [0.15, 0.2) is 5.65 Å². The van der Waals surface area contributed by atoms with Gasteiger partial charge in [-0.2, -0.15) is 5.10 Å². The van der Waals surface area contributed by atoms with Crippen LogP contribution >= 0.6 is 11.6 Å². The van der Waals surface area contributed by atoms with Gasteiger partial charge in [0.1, 0.15) is 11.2 Å². The molecule has 0 atom stereocenters. The maximum atomic E-state index is 9.36. The SMILES string of the molecule is Cc1nn(C2COC2)c2nc(Cl)cc(CO)c12. The van der Waals surface area contributed by atoms with Crippen molar-refractivity contribution in [2.45, 2.75) is 19.6 Å². The number of fused-ring (bicyclic) bond motifs is 1. The third-order valence-corrected chi connectivity index (χ3v) is 3.22. The van der Waals surface area contributed by atoms with Crippen LogP contribution < -0.4 is 0 Å². The summed E-state index contributed by atoms with van der Waals surface area (Å²) < 4.78 is 7.01. The number of nitrogens with zero attached hydrogens (tertiary/aromatic N) is 3. The second-order valence-corrected chi connectivity index (χ2v) is 4.57. The number of ether oxygens (including phenoxy) is 1. The van der Waals surface area contributed by atoms with Crippen LogP contribution in [0.25, 0.3) is 11.0 Å². The van der Waals surface area contributed by atoms with Crippen LogP contribution in [0.2, 0.25) is 5.15 Å². The molecule has 1 aliphatic rings. The first kappa shape index (κ1) is 11.0. The summed E-state index contributed by atoms with van der Waals surface area (Å²) in [4.78, 5) is 4.31. The van der Waals surface area contributed by atoms with Gasteiger partial charge in [0.25, 0.3) is 0 Å². The van der Waals surface area contributed by atoms with Gasteiger partial charge < -0.3 is 9.84 Å². The fourth-order valence-electron chi connectivity index (χ4n) is 2.11. The van der Waals surface area contributed by atoms with Crippen LogP contribution in [0.1, 0.15) is 17.3 Å². The van der Waals surface area contributed by atoms with Gasteiger partial charge in [-0.15, -0.1) is 0 Å². The third-order valence-electron chi connectivity index (χ3n) is 3.02. The molecule has 0 unspecified atom stereocenters. The smallest absolute Gasteiger partial charge is 0.160 e. The molecule has 90 valence electrons. The van der Waals surface area contributed by atoms with E-state index < -0.39 is 0 Å². The highest BCUT2D eigenvalue weighted by atomic mass is 35.5. The minimum atomic E-state index is -0.0631. The van der Waals surface area contributed by atoms with Gasteiger partial charge in [0, 0.05) is 5.39 Å². The van der Waals surface area contributed by atoms with Gasteiger partial charge in [-0.1, -0.05) is 11.6 Å². The first-order valence-corrected chi connectivity index (χ1v) is 5.81. The van der Waals surface area contributed by atoms with Gasteiger partial charge in [0.05, 0.1) is 25.5 Å². The monoisotopic (exact) mass is 253 g/mol. The van der Waals surface area contributed by atoms with Crippen molar-refractivity contribution in [2.75, 3.05) is 13.2 Å². The van der Waals surface area contributed by atoms with E-state index >= 15 is 0 Å². The van der Waals surface area contributed by atoms with E-state index in [0.717, 1.165) is 22.3 Å². The van der Waals surface area contributed by atoms with Crippen molar-refractivity contribution in [3.63, 3.8) is 0 Å². The average Bonchev–Trinajstić information content (AvgIpc) is 2.53. The quantitative estimate of drug-likeness (QED) is 0.823. The number of pyridine rings is 1. The Labute approximate surface area is 103 Å². The summed E-state index contributed by atoms with van der Waals surface area (Å²) >= 11 is 5.96. The Morgan fingerprint density at radius 1 is 1.59 bits per heavy atom. The Kier molecular flexibility index (Phi) is 2.54. The molecule has 1 fully saturated rings. The van der Waals surface area contributed by atoms with Crippen molar-refractivity contribution < 1.29 is 9.84 Å². The van der Waals surface area contributed by atoms with Gasteiger partial charge in [-0.05, 0) is 18.6 Å². The second kappa shape index (κ2) is 3.94. The van der Waals surface area contributed by atoms with Gasteiger partial charge in [-0.3, -0.25) is 0 Å². The lowest BCUT2D eigenvalue weighted by Crippen LogP contribution is -2.31. The van der Waals surface area contributed by atoms with Crippen LogP contribution in [0.5, 0.6) is 0 Å². The van der Waals surface area contributed by atoms with Crippen LogP contribution in [0.15, 0.2) is 6.07 Å². The molecule has 0 radical (unpaired) electrons. The Morgan fingerprint density at radius 3 is 2.94 bits per heavy atom. The number of hydrogen-bond acceptors (Lipinski definition) is 4. The van der Waals surface area contributed by atoms with Crippen molar-refractivity contribution in [1.82, 2.24) is 14.8 Å².